The summed E-state index contributed by atoms with van der Waals surface area (Å²) in [6, 6.07) is 14.0. The summed E-state index contributed by atoms with van der Waals surface area (Å²) in [6.07, 6.45) is 2.41. The van der Waals surface area contributed by atoms with Gasteiger partial charge < -0.3 is 15.5 Å². The molecule has 6 heteroatoms. The van der Waals surface area contributed by atoms with Gasteiger partial charge >= 0.3 is 6.03 Å². The van der Waals surface area contributed by atoms with Crippen molar-refractivity contribution in [3.63, 3.8) is 0 Å². The predicted octanol–water partition coefficient (Wildman–Crippen LogP) is 4.54. The summed E-state index contributed by atoms with van der Waals surface area (Å²) in [5.41, 5.74) is 2.57. The number of aryl methyl sites for hydroxylation is 1. The first-order valence-corrected chi connectivity index (χ1v) is 9.17. The second kappa shape index (κ2) is 8.23. The Morgan fingerprint density at radius 3 is 2.58 bits per heavy atom. The summed E-state index contributed by atoms with van der Waals surface area (Å²) < 4.78 is 0. The second-order valence-corrected chi connectivity index (χ2v) is 6.77. The number of nitrogens with zero attached hydrogens (tertiary/aromatic N) is 1. The van der Waals surface area contributed by atoms with E-state index in [4.69, 9.17) is 11.6 Å². The van der Waals surface area contributed by atoms with E-state index in [-0.39, 0.29) is 11.9 Å². The highest BCUT2D eigenvalue weighted by molar-refractivity contribution is 6.30. The van der Waals surface area contributed by atoms with Gasteiger partial charge in [-0.3, -0.25) is 4.79 Å². The van der Waals surface area contributed by atoms with E-state index in [2.05, 4.69) is 17.6 Å². The molecule has 1 aliphatic rings. The van der Waals surface area contributed by atoms with Crippen LogP contribution in [-0.4, -0.2) is 29.4 Å². The van der Waals surface area contributed by atoms with Crippen LogP contribution in [0, 0.1) is 0 Å². The third-order valence-corrected chi connectivity index (χ3v) is 4.76. The van der Waals surface area contributed by atoms with Crippen LogP contribution in [-0.2, 0) is 11.2 Å². The van der Waals surface area contributed by atoms with Crippen LogP contribution < -0.4 is 10.6 Å². The Morgan fingerprint density at radius 2 is 1.88 bits per heavy atom. The molecule has 2 aromatic rings. The van der Waals surface area contributed by atoms with Gasteiger partial charge in [-0.2, -0.15) is 0 Å². The second-order valence-electron chi connectivity index (χ2n) is 6.33. The summed E-state index contributed by atoms with van der Waals surface area (Å²) in [5.74, 6) is -0.159. The number of carbonyl (C=O) groups is 2. The van der Waals surface area contributed by atoms with Crippen molar-refractivity contribution in [2.75, 3.05) is 17.2 Å². The van der Waals surface area contributed by atoms with Gasteiger partial charge in [-0.05, 0) is 55.2 Å². The molecule has 1 heterocycles. The lowest BCUT2D eigenvalue weighted by molar-refractivity contribution is -0.119. The molecule has 5 nitrogen and oxygen atoms in total. The van der Waals surface area contributed by atoms with Gasteiger partial charge in [0.05, 0.1) is 0 Å². The number of benzene rings is 2. The molecule has 26 heavy (non-hydrogen) atoms. The first-order chi connectivity index (χ1) is 12.6. The van der Waals surface area contributed by atoms with Crippen molar-refractivity contribution < 1.29 is 9.59 Å². The zero-order valence-electron chi connectivity index (χ0n) is 14.7. The van der Waals surface area contributed by atoms with E-state index in [9.17, 15) is 9.59 Å². The van der Waals surface area contributed by atoms with Crippen molar-refractivity contribution in [3.8, 4) is 0 Å². The maximum atomic E-state index is 12.6. The first kappa shape index (κ1) is 18.3. The molecule has 0 aromatic heterocycles. The summed E-state index contributed by atoms with van der Waals surface area (Å²) in [7, 11) is 0. The number of amides is 3. The molecule has 3 rings (SSSR count). The highest BCUT2D eigenvalue weighted by atomic mass is 35.5. The molecule has 3 amide bonds. The summed E-state index contributed by atoms with van der Waals surface area (Å²) in [5, 5.41) is 6.27. The number of urea groups is 1. The molecular formula is C20H22ClN3O2. The largest absolute Gasteiger partial charge is 0.324 e. The fraction of sp³-hybridized carbons (Fsp3) is 0.300. The number of carbonyl (C=O) groups excluding carboxylic acids is 2. The molecule has 0 unspecified atom stereocenters. The van der Waals surface area contributed by atoms with Crippen molar-refractivity contribution in [1.82, 2.24) is 4.90 Å². The van der Waals surface area contributed by atoms with Crippen LogP contribution in [0.25, 0.3) is 0 Å². The first-order valence-electron chi connectivity index (χ1n) is 8.80. The van der Waals surface area contributed by atoms with Gasteiger partial charge in [0.1, 0.15) is 6.04 Å². The Bertz CT molecular complexity index is 792. The van der Waals surface area contributed by atoms with E-state index >= 15 is 0 Å². The highest BCUT2D eigenvalue weighted by Crippen LogP contribution is 2.22. The van der Waals surface area contributed by atoms with Crippen molar-refractivity contribution in [3.05, 3.63) is 59.1 Å². The van der Waals surface area contributed by atoms with Crippen molar-refractivity contribution >= 4 is 34.9 Å². The predicted molar refractivity (Wildman–Crippen MR) is 105 cm³/mol. The SMILES string of the molecule is CCc1ccc(NC(=O)[C@H]2CCCN2C(=O)Nc2cccc(Cl)c2)cc1. The fourth-order valence-corrected chi connectivity index (χ4v) is 3.28. The lowest BCUT2D eigenvalue weighted by Gasteiger charge is -2.24. The number of nitrogens with one attached hydrogen (secondary N) is 2. The third-order valence-electron chi connectivity index (χ3n) is 4.52. The molecule has 136 valence electrons. The van der Waals surface area contributed by atoms with E-state index in [1.807, 2.05) is 24.3 Å². The summed E-state index contributed by atoms with van der Waals surface area (Å²) >= 11 is 5.95. The van der Waals surface area contributed by atoms with Crippen LogP contribution in [0.5, 0.6) is 0 Å². The van der Waals surface area contributed by atoms with E-state index in [1.54, 1.807) is 29.2 Å². The average molecular weight is 372 g/mol. The van der Waals surface area contributed by atoms with Crippen molar-refractivity contribution in [2.24, 2.45) is 0 Å². The number of hydrogen-bond acceptors (Lipinski definition) is 2. The van der Waals surface area contributed by atoms with Gasteiger partial charge in [-0.15, -0.1) is 0 Å². The Morgan fingerprint density at radius 1 is 1.12 bits per heavy atom. The third kappa shape index (κ3) is 4.35. The van der Waals surface area contributed by atoms with E-state index in [0.29, 0.717) is 23.7 Å². The maximum absolute atomic E-state index is 12.6. The molecule has 1 saturated heterocycles. The molecule has 2 N–H and O–H groups in total. The van der Waals surface area contributed by atoms with Crippen LogP contribution in [0.3, 0.4) is 0 Å². The minimum Gasteiger partial charge on any atom is -0.324 e. The molecule has 2 aromatic carbocycles. The van der Waals surface area contributed by atoms with Gasteiger partial charge in [0, 0.05) is 22.9 Å². The fourth-order valence-electron chi connectivity index (χ4n) is 3.09. The molecule has 0 saturated carbocycles. The standard InChI is InChI=1S/C20H22ClN3O2/c1-2-14-8-10-16(11-9-14)22-19(25)18-7-4-12-24(18)20(26)23-17-6-3-5-15(21)13-17/h3,5-6,8-11,13,18H,2,4,7,12H2,1H3,(H,22,25)(H,23,26)/t18-/m1/s1. The quantitative estimate of drug-likeness (QED) is 0.828. The van der Waals surface area contributed by atoms with Crippen LogP contribution in [0.4, 0.5) is 16.2 Å². The van der Waals surface area contributed by atoms with Crippen LogP contribution in [0.2, 0.25) is 5.02 Å². The topological polar surface area (TPSA) is 61.4 Å². The summed E-state index contributed by atoms with van der Waals surface area (Å²) in [4.78, 5) is 26.8. The zero-order chi connectivity index (χ0) is 18.5. The Kier molecular flexibility index (Phi) is 5.78. The van der Waals surface area contributed by atoms with Crippen molar-refractivity contribution in [1.29, 1.82) is 0 Å². The number of halogens is 1. The van der Waals surface area contributed by atoms with Gasteiger partial charge in [0.25, 0.3) is 0 Å². The summed E-state index contributed by atoms with van der Waals surface area (Å²) in [6.45, 7) is 2.64. The molecule has 1 aliphatic heterocycles. The molecule has 0 radical (unpaired) electrons. The monoisotopic (exact) mass is 371 g/mol. The van der Waals surface area contributed by atoms with Crippen LogP contribution in [0.15, 0.2) is 48.5 Å². The normalized spacial score (nSPS) is 16.4. The van der Waals surface area contributed by atoms with Crippen molar-refractivity contribution in [2.45, 2.75) is 32.2 Å². The van der Waals surface area contributed by atoms with Crippen LogP contribution in [0.1, 0.15) is 25.3 Å². The molecular weight excluding hydrogens is 350 g/mol. The number of anilines is 2. The number of hydrogen-bond donors (Lipinski definition) is 2. The van der Waals surface area contributed by atoms with Crippen LogP contribution >= 0.6 is 11.6 Å². The zero-order valence-corrected chi connectivity index (χ0v) is 15.4. The molecule has 0 bridgehead atoms. The Hall–Kier alpha value is -2.53. The molecule has 0 aliphatic carbocycles. The minimum absolute atomic E-state index is 0.159. The van der Waals surface area contributed by atoms with Gasteiger partial charge in [0.2, 0.25) is 5.91 Å². The van der Waals surface area contributed by atoms with E-state index in [0.717, 1.165) is 18.5 Å². The molecule has 0 spiro atoms. The maximum Gasteiger partial charge on any atom is 0.322 e. The lowest BCUT2D eigenvalue weighted by Crippen LogP contribution is -2.45. The molecule has 1 fully saturated rings. The Labute approximate surface area is 158 Å². The smallest absolute Gasteiger partial charge is 0.322 e. The van der Waals surface area contributed by atoms with Gasteiger partial charge in [0.15, 0.2) is 0 Å². The lowest BCUT2D eigenvalue weighted by atomic mass is 10.1. The number of rotatable bonds is 4. The van der Waals surface area contributed by atoms with Gasteiger partial charge in [-0.25, -0.2) is 4.79 Å². The van der Waals surface area contributed by atoms with E-state index in [1.165, 1.54) is 5.56 Å². The molecule has 1 atom stereocenters. The number of likely N-dealkylation sites (tertiary alicyclic amines) is 1. The Balaban J connectivity index is 1.64. The average Bonchev–Trinajstić information content (AvgIpc) is 3.12. The van der Waals surface area contributed by atoms with E-state index < -0.39 is 6.04 Å². The van der Waals surface area contributed by atoms with Gasteiger partial charge in [-0.1, -0.05) is 36.7 Å². The highest BCUT2D eigenvalue weighted by Gasteiger charge is 2.34. The minimum atomic E-state index is -0.472.